The summed E-state index contributed by atoms with van der Waals surface area (Å²) in [6, 6.07) is 3.57. The molecule has 1 aromatic rings. The number of hydrogen-bond acceptors (Lipinski definition) is 2. The van der Waals surface area contributed by atoms with Crippen molar-refractivity contribution in [1.29, 1.82) is 0 Å². The first-order valence-corrected chi connectivity index (χ1v) is 5.59. The van der Waals surface area contributed by atoms with Crippen LogP contribution in [0, 0.1) is 5.82 Å². The predicted molar refractivity (Wildman–Crippen MR) is 61.7 cm³/mol. The molecule has 3 nitrogen and oxygen atoms in total. The number of alkyl halides is 3. The summed E-state index contributed by atoms with van der Waals surface area (Å²) >= 11 is 3.02. The van der Waals surface area contributed by atoms with Crippen LogP contribution in [0.15, 0.2) is 22.7 Å². The second-order valence-corrected chi connectivity index (χ2v) is 4.25. The van der Waals surface area contributed by atoms with E-state index in [1.54, 1.807) is 0 Å². The number of rotatable bonds is 4. The normalized spacial score (nSPS) is 11.4. The third kappa shape index (κ3) is 5.46. The highest BCUT2D eigenvalue weighted by Crippen LogP contribution is 2.22. The highest BCUT2D eigenvalue weighted by molar-refractivity contribution is 9.10. The monoisotopic (exact) mass is 328 g/mol. The molecule has 0 aliphatic carbocycles. The number of carbonyl (C=O) groups excluding carboxylic acids is 1. The van der Waals surface area contributed by atoms with Crippen LogP contribution in [0.4, 0.5) is 23.2 Å². The molecule has 0 aliphatic heterocycles. The molecular weight excluding hydrogens is 320 g/mol. The summed E-state index contributed by atoms with van der Waals surface area (Å²) < 4.78 is 48.4. The van der Waals surface area contributed by atoms with Gasteiger partial charge in [-0.15, -0.1) is 0 Å². The van der Waals surface area contributed by atoms with Gasteiger partial charge in [0.1, 0.15) is 5.82 Å². The molecule has 0 saturated carbocycles. The van der Waals surface area contributed by atoms with Gasteiger partial charge in [0, 0.05) is 4.47 Å². The Morgan fingerprint density at radius 1 is 1.33 bits per heavy atom. The summed E-state index contributed by atoms with van der Waals surface area (Å²) in [5, 5.41) is 4.29. The molecule has 100 valence electrons. The summed E-state index contributed by atoms with van der Waals surface area (Å²) in [4.78, 5) is 11.3. The topological polar surface area (TPSA) is 41.1 Å². The van der Waals surface area contributed by atoms with Gasteiger partial charge in [0.2, 0.25) is 5.91 Å². The van der Waals surface area contributed by atoms with Crippen LogP contribution in [-0.2, 0) is 4.79 Å². The second kappa shape index (κ2) is 6.14. The van der Waals surface area contributed by atoms with E-state index in [1.807, 2.05) is 5.32 Å². The van der Waals surface area contributed by atoms with Gasteiger partial charge in [-0.05, 0) is 34.1 Å². The van der Waals surface area contributed by atoms with E-state index in [0.29, 0.717) is 4.47 Å². The summed E-state index contributed by atoms with van der Waals surface area (Å²) in [6.07, 6.45) is -4.36. The molecule has 0 atom stereocenters. The SMILES string of the molecule is O=C(CNCC(F)(F)F)Nc1ccc(F)cc1Br. The van der Waals surface area contributed by atoms with E-state index in [-0.39, 0.29) is 5.69 Å². The van der Waals surface area contributed by atoms with Crippen LogP contribution in [0.1, 0.15) is 0 Å². The van der Waals surface area contributed by atoms with Gasteiger partial charge in [-0.25, -0.2) is 4.39 Å². The van der Waals surface area contributed by atoms with Gasteiger partial charge in [0.05, 0.1) is 18.8 Å². The van der Waals surface area contributed by atoms with Gasteiger partial charge in [-0.3, -0.25) is 4.79 Å². The summed E-state index contributed by atoms with van der Waals surface area (Å²) in [7, 11) is 0. The number of carbonyl (C=O) groups is 1. The van der Waals surface area contributed by atoms with Crippen LogP contribution >= 0.6 is 15.9 Å². The lowest BCUT2D eigenvalue weighted by Gasteiger charge is -2.09. The fourth-order valence-electron chi connectivity index (χ4n) is 1.10. The molecule has 0 spiro atoms. The lowest BCUT2D eigenvalue weighted by molar-refractivity contribution is -0.126. The van der Waals surface area contributed by atoms with Crippen LogP contribution in [0.25, 0.3) is 0 Å². The van der Waals surface area contributed by atoms with Crippen molar-refractivity contribution in [2.45, 2.75) is 6.18 Å². The first kappa shape index (κ1) is 14.9. The van der Waals surface area contributed by atoms with Gasteiger partial charge in [-0.1, -0.05) is 0 Å². The average Bonchev–Trinajstić information content (AvgIpc) is 2.20. The van der Waals surface area contributed by atoms with Crippen molar-refractivity contribution < 1.29 is 22.4 Å². The zero-order valence-electron chi connectivity index (χ0n) is 8.94. The van der Waals surface area contributed by atoms with Crippen LogP contribution in [0.3, 0.4) is 0 Å². The van der Waals surface area contributed by atoms with Crippen molar-refractivity contribution in [3.05, 3.63) is 28.5 Å². The van der Waals surface area contributed by atoms with Crippen LogP contribution in [-0.4, -0.2) is 25.2 Å². The quantitative estimate of drug-likeness (QED) is 0.834. The number of anilines is 1. The van der Waals surface area contributed by atoms with Crippen LogP contribution in [0.2, 0.25) is 0 Å². The third-order valence-corrected chi connectivity index (χ3v) is 2.47. The van der Waals surface area contributed by atoms with Gasteiger partial charge in [0.15, 0.2) is 0 Å². The lowest BCUT2D eigenvalue weighted by Crippen LogP contribution is -2.35. The molecular formula is C10H9BrF4N2O. The maximum atomic E-state index is 12.7. The highest BCUT2D eigenvalue weighted by atomic mass is 79.9. The molecule has 18 heavy (non-hydrogen) atoms. The average molecular weight is 329 g/mol. The Bertz CT molecular complexity index is 436. The van der Waals surface area contributed by atoms with Crippen LogP contribution in [0.5, 0.6) is 0 Å². The molecule has 8 heteroatoms. The standard InChI is InChI=1S/C10H9BrF4N2O/c11-7-3-6(12)1-2-8(7)17-9(18)4-16-5-10(13,14)15/h1-3,16H,4-5H2,(H,17,18). The van der Waals surface area contributed by atoms with E-state index in [0.717, 1.165) is 12.1 Å². The smallest absolute Gasteiger partial charge is 0.324 e. The van der Waals surface area contributed by atoms with Crippen LogP contribution < -0.4 is 10.6 Å². The zero-order valence-corrected chi connectivity index (χ0v) is 10.5. The van der Waals surface area contributed by atoms with E-state index >= 15 is 0 Å². The minimum absolute atomic E-state index is 0.287. The second-order valence-electron chi connectivity index (χ2n) is 3.39. The summed E-state index contributed by atoms with van der Waals surface area (Å²) in [5.41, 5.74) is 0.287. The number of amides is 1. The molecule has 0 unspecified atom stereocenters. The summed E-state index contributed by atoms with van der Waals surface area (Å²) in [5.74, 6) is -1.14. The number of hydrogen-bond donors (Lipinski definition) is 2. The molecule has 1 amide bonds. The largest absolute Gasteiger partial charge is 0.401 e. The minimum Gasteiger partial charge on any atom is -0.324 e. The van der Waals surface area contributed by atoms with Gasteiger partial charge in [0.25, 0.3) is 0 Å². The first-order chi connectivity index (χ1) is 8.28. The zero-order chi connectivity index (χ0) is 13.8. The fourth-order valence-corrected chi connectivity index (χ4v) is 1.55. The Balaban J connectivity index is 2.45. The van der Waals surface area contributed by atoms with E-state index in [2.05, 4.69) is 21.2 Å². The van der Waals surface area contributed by atoms with Crippen molar-refractivity contribution in [2.24, 2.45) is 0 Å². The maximum absolute atomic E-state index is 12.7. The van der Waals surface area contributed by atoms with E-state index in [9.17, 15) is 22.4 Å². The van der Waals surface area contributed by atoms with Crippen molar-refractivity contribution in [2.75, 3.05) is 18.4 Å². The Kier molecular flexibility index (Phi) is 5.09. The minimum atomic E-state index is -4.36. The van der Waals surface area contributed by atoms with Gasteiger partial charge < -0.3 is 10.6 Å². The Morgan fingerprint density at radius 3 is 2.56 bits per heavy atom. The molecule has 0 bridgehead atoms. The van der Waals surface area contributed by atoms with E-state index in [1.165, 1.54) is 6.07 Å². The first-order valence-electron chi connectivity index (χ1n) is 4.80. The van der Waals surface area contributed by atoms with Crippen molar-refractivity contribution in [1.82, 2.24) is 5.32 Å². The van der Waals surface area contributed by atoms with Gasteiger partial charge in [-0.2, -0.15) is 13.2 Å². The lowest BCUT2D eigenvalue weighted by atomic mass is 10.3. The molecule has 0 fully saturated rings. The van der Waals surface area contributed by atoms with E-state index in [4.69, 9.17) is 0 Å². The van der Waals surface area contributed by atoms with Gasteiger partial charge >= 0.3 is 6.18 Å². The van der Waals surface area contributed by atoms with E-state index < -0.39 is 31.0 Å². The molecule has 0 saturated heterocycles. The molecule has 1 aromatic carbocycles. The van der Waals surface area contributed by atoms with Crippen molar-refractivity contribution >= 4 is 27.5 Å². The number of benzene rings is 1. The maximum Gasteiger partial charge on any atom is 0.401 e. The fraction of sp³-hybridized carbons (Fsp3) is 0.300. The highest BCUT2D eigenvalue weighted by Gasteiger charge is 2.26. The molecule has 0 radical (unpaired) electrons. The molecule has 0 heterocycles. The molecule has 0 aliphatic rings. The van der Waals surface area contributed by atoms with Crippen molar-refractivity contribution in [3.8, 4) is 0 Å². The van der Waals surface area contributed by atoms with Crippen molar-refractivity contribution in [3.63, 3.8) is 0 Å². The summed E-state index contributed by atoms with van der Waals surface area (Å²) in [6.45, 7) is -1.73. The molecule has 1 rings (SSSR count). The number of nitrogens with one attached hydrogen (secondary N) is 2. The predicted octanol–water partition coefficient (Wildman–Crippen LogP) is 2.68. The Labute approximate surface area is 109 Å². The molecule has 0 aromatic heterocycles. The third-order valence-electron chi connectivity index (χ3n) is 1.82. The molecule has 2 N–H and O–H groups in total. The Morgan fingerprint density at radius 2 is 2.00 bits per heavy atom. The Hall–Kier alpha value is -1.15. The number of halogens is 5.